The maximum Gasteiger partial charge on any atom is 0.345 e. The Kier molecular flexibility index (Phi) is 2.99. The summed E-state index contributed by atoms with van der Waals surface area (Å²) in [6, 6.07) is 6.94. The number of hydrogen-bond acceptors (Lipinski definition) is 3. The first-order valence-corrected chi connectivity index (χ1v) is 5.24. The summed E-state index contributed by atoms with van der Waals surface area (Å²) >= 11 is 0. The first-order chi connectivity index (χ1) is 7.70. The monoisotopic (exact) mass is 222 g/mol. The Hall–Kier alpha value is -1.71. The Morgan fingerprint density at radius 3 is 2.31 bits per heavy atom. The largest absolute Gasteiger partial charge is 0.497 e. The zero-order valence-corrected chi connectivity index (χ0v) is 9.05. The molecular formula is C12H14O4. The minimum atomic E-state index is -0.890. The summed E-state index contributed by atoms with van der Waals surface area (Å²) in [6.07, 6.45) is 1.16. The molecule has 1 aliphatic rings. The molecule has 4 nitrogen and oxygen atoms in total. The van der Waals surface area contributed by atoms with Crippen molar-refractivity contribution in [1.29, 1.82) is 0 Å². The molecule has 2 rings (SSSR count). The highest BCUT2D eigenvalue weighted by molar-refractivity contribution is 5.73. The van der Waals surface area contributed by atoms with Gasteiger partial charge in [0.1, 0.15) is 11.5 Å². The van der Waals surface area contributed by atoms with E-state index in [0.29, 0.717) is 5.75 Å². The molecule has 0 heterocycles. The fourth-order valence-corrected chi connectivity index (χ4v) is 1.55. The summed E-state index contributed by atoms with van der Waals surface area (Å²) in [4.78, 5) is 11.0. The SMILES string of the molecule is COc1ccc(OC(C(=O)O)C2CC2)cc1. The van der Waals surface area contributed by atoms with E-state index < -0.39 is 12.1 Å². The molecule has 16 heavy (non-hydrogen) atoms. The number of benzene rings is 1. The number of rotatable bonds is 5. The molecule has 0 spiro atoms. The molecule has 0 aliphatic heterocycles. The van der Waals surface area contributed by atoms with Gasteiger partial charge in [0.15, 0.2) is 6.10 Å². The molecule has 0 bridgehead atoms. The number of carbonyl (C=O) groups is 1. The van der Waals surface area contributed by atoms with E-state index in [1.54, 1.807) is 31.4 Å². The Morgan fingerprint density at radius 1 is 1.31 bits per heavy atom. The van der Waals surface area contributed by atoms with E-state index in [2.05, 4.69) is 0 Å². The molecule has 86 valence electrons. The second-order valence-corrected chi connectivity index (χ2v) is 3.89. The molecule has 0 amide bonds. The van der Waals surface area contributed by atoms with Gasteiger partial charge in [-0.05, 0) is 37.1 Å². The number of hydrogen-bond donors (Lipinski definition) is 1. The molecule has 0 saturated heterocycles. The third-order valence-electron chi connectivity index (χ3n) is 2.62. The van der Waals surface area contributed by atoms with Crippen LogP contribution in [-0.4, -0.2) is 24.3 Å². The van der Waals surface area contributed by atoms with Crippen molar-refractivity contribution in [3.8, 4) is 11.5 Å². The average Bonchev–Trinajstić information content (AvgIpc) is 3.10. The molecule has 1 aliphatic carbocycles. The van der Waals surface area contributed by atoms with Crippen LogP contribution >= 0.6 is 0 Å². The molecule has 1 fully saturated rings. The highest BCUT2D eigenvalue weighted by Gasteiger charge is 2.38. The molecule has 1 aromatic rings. The number of methoxy groups -OCH3 is 1. The second-order valence-electron chi connectivity index (χ2n) is 3.89. The lowest BCUT2D eigenvalue weighted by Gasteiger charge is -2.14. The zero-order chi connectivity index (χ0) is 11.5. The van der Waals surface area contributed by atoms with E-state index in [4.69, 9.17) is 14.6 Å². The zero-order valence-electron chi connectivity index (χ0n) is 9.05. The van der Waals surface area contributed by atoms with Crippen LogP contribution in [0.5, 0.6) is 11.5 Å². The molecule has 4 heteroatoms. The van der Waals surface area contributed by atoms with Crippen molar-refractivity contribution in [3.63, 3.8) is 0 Å². The van der Waals surface area contributed by atoms with Crippen molar-refractivity contribution < 1.29 is 19.4 Å². The van der Waals surface area contributed by atoms with Crippen molar-refractivity contribution in [2.75, 3.05) is 7.11 Å². The third kappa shape index (κ3) is 2.45. The molecule has 1 aromatic carbocycles. The molecule has 1 saturated carbocycles. The van der Waals surface area contributed by atoms with Crippen LogP contribution in [0.25, 0.3) is 0 Å². The predicted octanol–water partition coefficient (Wildman–Crippen LogP) is 1.94. The van der Waals surface area contributed by atoms with Gasteiger partial charge in [-0.15, -0.1) is 0 Å². The Labute approximate surface area is 93.8 Å². The lowest BCUT2D eigenvalue weighted by molar-refractivity contribution is -0.146. The van der Waals surface area contributed by atoms with Crippen LogP contribution in [0.2, 0.25) is 0 Å². The van der Waals surface area contributed by atoms with E-state index in [0.717, 1.165) is 18.6 Å². The van der Waals surface area contributed by atoms with Crippen molar-refractivity contribution in [1.82, 2.24) is 0 Å². The quantitative estimate of drug-likeness (QED) is 0.827. The summed E-state index contributed by atoms with van der Waals surface area (Å²) in [5, 5.41) is 9.00. The minimum Gasteiger partial charge on any atom is -0.497 e. The van der Waals surface area contributed by atoms with Crippen LogP contribution < -0.4 is 9.47 Å². The average molecular weight is 222 g/mol. The van der Waals surface area contributed by atoms with Crippen LogP contribution in [0.3, 0.4) is 0 Å². The van der Waals surface area contributed by atoms with Crippen molar-refractivity contribution in [2.45, 2.75) is 18.9 Å². The Bertz CT molecular complexity index is 367. The smallest absolute Gasteiger partial charge is 0.345 e. The number of aliphatic carboxylic acids is 1. The lowest BCUT2D eigenvalue weighted by Crippen LogP contribution is -2.29. The van der Waals surface area contributed by atoms with Gasteiger partial charge in [0.2, 0.25) is 0 Å². The fraction of sp³-hybridized carbons (Fsp3) is 0.417. The van der Waals surface area contributed by atoms with Gasteiger partial charge in [0.25, 0.3) is 0 Å². The van der Waals surface area contributed by atoms with Crippen molar-refractivity contribution in [3.05, 3.63) is 24.3 Å². The van der Waals surface area contributed by atoms with Gasteiger partial charge in [0.05, 0.1) is 7.11 Å². The summed E-state index contributed by atoms with van der Waals surface area (Å²) in [5.41, 5.74) is 0. The summed E-state index contributed by atoms with van der Waals surface area (Å²) in [6.45, 7) is 0. The number of carboxylic acid groups (broad SMARTS) is 1. The van der Waals surface area contributed by atoms with Gasteiger partial charge in [-0.2, -0.15) is 0 Å². The summed E-state index contributed by atoms with van der Waals surface area (Å²) < 4.78 is 10.5. The van der Waals surface area contributed by atoms with Crippen LogP contribution in [0.1, 0.15) is 12.8 Å². The fourth-order valence-electron chi connectivity index (χ4n) is 1.55. The van der Waals surface area contributed by atoms with Crippen LogP contribution in [0.15, 0.2) is 24.3 Å². The van der Waals surface area contributed by atoms with Crippen LogP contribution in [0.4, 0.5) is 0 Å². The number of ether oxygens (including phenoxy) is 2. The predicted molar refractivity (Wildman–Crippen MR) is 57.8 cm³/mol. The van der Waals surface area contributed by atoms with Gasteiger partial charge < -0.3 is 14.6 Å². The second kappa shape index (κ2) is 4.43. The molecule has 1 unspecified atom stereocenters. The van der Waals surface area contributed by atoms with E-state index in [-0.39, 0.29) is 5.92 Å². The molecule has 1 atom stereocenters. The van der Waals surface area contributed by atoms with E-state index in [9.17, 15) is 4.79 Å². The maximum atomic E-state index is 11.0. The van der Waals surface area contributed by atoms with Crippen LogP contribution in [0, 0.1) is 5.92 Å². The van der Waals surface area contributed by atoms with Gasteiger partial charge in [-0.3, -0.25) is 0 Å². The third-order valence-corrected chi connectivity index (χ3v) is 2.62. The normalized spacial score (nSPS) is 16.6. The van der Waals surface area contributed by atoms with Gasteiger partial charge in [-0.1, -0.05) is 0 Å². The maximum absolute atomic E-state index is 11.0. The number of carboxylic acids is 1. The molecule has 0 aromatic heterocycles. The Balaban J connectivity index is 2.03. The van der Waals surface area contributed by atoms with E-state index >= 15 is 0 Å². The van der Waals surface area contributed by atoms with Crippen LogP contribution in [-0.2, 0) is 4.79 Å². The molecule has 1 N–H and O–H groups in total. The van der Waals surface area contributed by atoms with E-state index in [1.165, 1.54) is 0 Å². The van der Waals surface area contributed by atoms with Crippen molar-refractivity contribution in [2.24, 2.45) is 5.92 Å². The minimum absolute atomic E-state index is 0.166. The highest BCUT2D eigenvalue weighted by atomic mass is 16.5. The standard InChI is InChI=1S/C12H14O4/c1-15-9-4-6-10(7-5-9)16-11(12(13)14)8-2-3-8/h4-8,11H,2-3H2,1H3,(H,13,14). The highest BCUT2D eigenvalue weighted by Crippen LogP contribution is 2.35. The van der Waals surface area contributed by atoms with Gasteiger partial charge in [-0.25, -0.2) is 4.79 Å². The summed E-state index contributed by atoms with van der Waals surface area (Å²) in [5.74, 6) is 0.573. The first kappa shape index (κ1) is 10.8. The summed E-state index contributed by atoms with van der Waals surface area (Å²) in [7, 11) is 1.58. The van der Waals surface area contributed by atoms with Crippen molar-refractivity contribution >= 4 is 5.97 Å². The Morgan fingerprint density at radius 2 is 1.88 bits per heavy atom. The van der Waals surface area contributed by atoms with Gasteiger partial charge >= 0.3 is 5.97 Å². The first-order valence-electron chi connectivity index (χ1n) is 5.24. The van der Waals surface area contributed by atoms with Gasteiger partial charge in [0, 0.05) is 5.92 Å². The lowest BCUT2D eigenvalue weighted by atomic mass is 10.2. The topological polar surface area (TPSA) is 55.8 Å². The molecular weight excluding hydrogens is 208 g/mol. The molecule has 0 radical (unpaired) electrons. The van der Waals surface area contributed by atoms with E-state index in [1.807, 2.05) is 0 Å².